The van der Waals surface area contributed by atoms with Gasteiger partial charge in [0.25, 0.3) is 0 Å². The summed E-state index contributed by atoms with van der Waals surface area (Å²) in [6, 6.07) is 0. The third-order valence-electron chi connectivity index (χ3n) is 12.1. The first-order valence-electron chi connectivity index (χ1n) is 25.8. The summed E-state index contributed by atoms with van der Waals surface area (Å²) in [7, 11) is 0. The highest BCUT2D eigenvalue weighted by Crippen LogP contribution is 2.18. The first kappa shape index (κ1) is 56.4. The van der Waals surface area contributed by atoms with Gasteiger partial charge in [0.15, 0.2) is 6.10 Å². The van der Waals surface area contributed by atoms with Gasteiger partial charge < -0.3 is 14.2 Å². The van der Waals surface area contributed by atoms with E-state index in [9.17, 15) is 14.4 Å². The standard InChI is InChI=1S/C52H100O6/c1-6-8-9-10-11-12-13-18-21-27-32-37-42-50(53)56-45-49(58-52(55)44-39-34-29-24-23-26-31-36-41-48(5)7-2)46-57-51(54)43-38-33-28-22-19-16-14-15-17-20-25-30-35-40-47(3)4/h47-49H,6-46H2,1-5H3/t48?,49-/m1/s1. The predicted octanol–water partition coefficient (Wildman–Crippen LogP) is 16.5. The molecule has 6 heteroatoms. The van der Waals surface area contributed by atoms with Crippen molar-refractivity contribution in [3.63, 3.8) is 0 Å². The van der Waals surface area contributed by atoms with Crippen LogP contribution in [0.5, 0.6) is 0 Å². The summed E-state index contributed by atoms with van der Waals surface area (Å²) in [5.41, 5.74) is 0. The Hall–Kier alpha value is -1.59. The molecule has 344 valence electrons. The summed E-state index contributed by atoms with van der Waals surface area (Å²) in [6.07, 6.45) is 45.1. The maximum absolute atomic E-state index is 12.8. The van der Waals surface area contributed by atoms with Gasteiger partial charge in [-0.05, 0) is 31.1 Å². The minimum absolute atomic E-state index is 0.0640. The third-order valence-corrected chi connectivity index (χ3v) is 12.1. The molecular weight excluding hydrogens is 721 g/mol. The molecule has 6 nitrogen and oxygen atoms in total. The lowest BCUT2D eigenvalue weighted by molar-refractivity contribution is -0.167. The molecule has 0 fully saturated rings. The lowest BCUT2D eigenvalue weighted by Crippen LogP contribution is -2.30. The second-order valence-corrected chi connectivity index (χ2v) is 18.5. The van der Waals surface area contributed by atoms with Crippen LogP contribution in [-0.4, -0.2) is 37.2 Å². The third kappa shape index (κ3) is 44.0. The first-order valence-corrected chi connectivity index (χ1v) is 25.8. The van der Waals surface area contributed by atoms with Crippen molar-refractivity contribution in [2.45, 2.75) is 291 Å². The van der Waals surface area contributed by atoms with Crippen LogP contribution in [0.3, 0.4) is 0 Å². The topological polar surface area (TPSA) is 78.9 Å². The van der Waals surface area contributed by atoms with E-state index < -0.39 is 6.10 Å². The summed E-state index contributed by atoms with van der Waals surface area (Å²) >= 11 is 0. The minimum Gasteiger partial charge on any atom is -0.462 e. The average Bonchev–Trinajstić information content (AvgIpc) is 3.21. The van der Waals surface area contributed by atoms with E-state index in [0.29, 0.717) is 19.3 Å². The molecule has 2 atom stereocenters. The number of esters is 3. The maximum Gasteiger partial charge on any atom is 0.306 e. The van der Waals surface area contributed by atoms with E-state index in [2.05, 4.69) is 34.6 Å². The number of ether oxygens (including phenoxy) is 3. The van der Waals surface area contributed by atoms with Crippen LogP contribution in [0.2, 0.25) is 0 Å². The fraction of sp³-hybridized carbons (Fsp3) is 0.942. The first-order chi connectivity index (χ1) is 28.3. The SMILES string of the molecule is CCCCCCCCCCCCCCC(=O)OC[C@H](COC(=O)CCCCCCCCCCCCCCCC(C)C)OC(=O)CCCCCCCCCCC(C)CC. The summed E-state index contributed by atoms with van der Waals surface area (Å²) in [4.78, 5) is 37.9. The maximum atomic E-state index is 12.8. The zero-order valence-corrected chi connectivity index (χ0v) is 39.7. The van der Waals surface area contributed by atoms with E-state index in [1.807, 2.05) is 0 Å². The molecule has 0 aromatic rings. The van der Waals surface area contributed by atoms with Crippen molar-refractivity contribution in [2.24, 2.45) is 11.8 Å². The van der Waals surface area contributed by atoms with Crippen molar-refractivity contribution in [1.82, 2.24) is 0 Å². The molecule has 0 radical (unpaired) electrons. The smallest absolute Gasteiger partial charge is 0.306 e. The van der Waals surface area contributed by atoms with Crippen LogP contribution in [0.1, 0.15) is 285 Å². The molecule has 0 bridgehead atoms. The lowest BCUT2D eigenvalue weighted by Gasteiger charge is -2.18. The van der Waals surface area contributed by atoms with Crippen LogP contribution >= 0.6 is 0 Å². The minimum atomic E-state index is -0.761. The van der Waals surface area contributed by atoms with Crippen LogP contribution in [0.25, 0.3) is 0 Å². The van der Waals surface area contributed by atoms with Crippen LogP contribution in [0.15, 0.2) is 0 Å². The molecule has 0 saturated heterocycles. The predicted molar refractivity (Wildman–Crippen MR) is 247 cm³/mol. The molecule has 0 saturated carbocycles. The molecule has 0 N–H and O–H groups in total. The highest BCUT2D eigenvalue weighted by Gasteiger charge is 2.19. The number of carbonyl (C=O) groups is 3. The Labute approximate surface area is 361 Å². The van der Waals surface area contributed by atoms with Crippen LogP contribution < -0.4 is 0 Å². The Morgan fingerprint density at radius 3 is 0.983 bits per heavy atom. The molecule has 0 aliphatic rings. The Balaban J connectivity index is 4.31. The summed E-state index contributed by atoms with van der Waals surface area (Å²) < 4.78 is 16.8. The molecule has 0 amide bonds. The van der Waals surface area contributed by atoms with Gasteiger partial charge in [0, 0.05) is 19.3 Å². The molecule has 0 heterocycles. The molecule has 0 rings (SSSR count). The number of unbranched alkanes of at least 4 members (excludes halogenated alkanes) is 30. The van der Waals surface area contributed by atoms with Crippen LogP contribution in [-0.2, 0) is 28.6 Å². The fourth-order valence-electron chi connectivity index (χ4n) is 7.78. The van der Waals surface area contributed by atoms with Crippen molar-refractivity contribution >= 4 is 17.9 Å². The van der Waals surface area contributed by atoms with Crippen molar-refractivity contribution in [1.29, 1.82) is 0 Å². The van der Waals surface area contributed by atoms with Gasteiger partial charge >= 0.3 is 17.9 Å². The molecule has 58 heavy (non-hydrogen) atoms. The van der Waals surface area contributed by atoms with Gasteiger partial charge in [0.2, 0.25) is 0 Å². The molecular formula is C52H100O6. The van der Waals surface area contributed by atoms with Crippen molar-refractivity contribution in [3.8, 4) is 0 Å². The normalized spacial score (nSPS) is 12.5. The van der Waals surface area contributed by atoms with E-state index in [0.717, 1.165) is 69.6 Å². The fourth-order valence-corrected chi connectivity index (χ4v) is 7.78. The van der Waals surface area contributed by atoms with Crippen molar-refractivity contribution < 1.29 is 28.6 Å². The van der Waals surface area contributed by atoms with E-state index in [1.165, 1.54) is 173 Å². The lowest BCUT2D eigenvalue weighted by atomic mass is 9.99. The highest BCUT2D eigenvalue weighted by molar-refractivity contribution is 5.71. The van der Waals surface area contributed by atoms with Crippen LogP contribution in [0.4, 0.5) is 0 Å². The van der Waals surface area contributed by atoms with E-state index >= 15 is 0 Å². The molecule has 0 aromatic carbocycles. The highest BCUT2D eigenvalue weighted by atomic mass is 16.6. The summed E-state index contributed by atoms with van der Waals surface area (Å²) in [5.74, 6) is 0.835. The summed E-state index contributed by atoms with van der Waals surface area (Å²) in [5, 5.41) is 0. The zero-order valence-electron chi connectivity index (χ0n) is 39.7. The largest absolute Gasteiger partial charge is 0.462 e. The van der Waals surface area contributed by atoms with E-state index in [1.54, 1.807) is 0 Å². The molecule has 0 aliphatic carbocycles. The van der Waals surface area contributed by atoms with Gasteiger partial charge in [-0.1, -0.05) is 247 Å². The zero-order chi connectivity index (χ0) is 42.6. The van der Waals surface area contributed by atoms with Gasteiger partial charge in [-0.3, -0.25) is 14.4 Å². The molecule has 1 unspecified atom stereocenters. The Bertz CT molecular complexity index is 887. The quantitative estimate of drug-likeness (QED) is 0.0346. The van der Waals surface area contributed by atoms with Gasteiger partial charge in [-0.15, -0.1) is 0 Å². The monoisotopic (exact) mass is 821 g/mol. The molecule has 0 spiro atoms. The number of carbonyl (C=O) groups excluding carboxylic acids is 3. The average molecular weight is 821 g/mol. The van der Waals surface area contributed by atoms with Gasteiger partial charge in [0.1, 0.15) is 13.2 Å². The van der Waals surface area contributed by atoms with Gasteiger partial charge in [-0.2, -0.15) is 0 Å². The summed E-state index contributed by atoms with van der Waals surface area (Å²) in [6.45, 7) is 11.4. The second kappa shape index (κ2) is 44.9. The van der Waals surface area contributed by atoms with E-state index in [-0.39, 0.29) is 31.1 Å². The van der Waals surface area contributed by atoms with E-state index in [4.69, 9.17) is 14.2 Å². The number of rotatable bonds is 46. The number of hydrogen-bond donors (Lipinski definition) is 0. The Morgan fingerprint density at radius 2 is 0.655 bits per heavy atom. The Kier molecular flexibility index (Phi) is 43.7. The Morgan fingerprint density at radius 1 is 0.362 bits per heavy atom. The van der Waals surface area contributed by atoms with Gasteiger partial charge in [0.05, 0.1) is 0 Å². The number of hydrogen-bond acceptors (Lipinski definition) is 6. The second-order valence-electron chi connectivity index (χ2n) is 18.5. The molecule has 0 aromatic heterocycles. The van der Waals surface area contributed by atoms with Crippen molar-refractivity contribution in [3.05, 3.63) is 0 Å². The molecule has 0 aliphatic heterocycles. The van der Waals surface area contributed by atoms with Gasteiger partial charge in [-0.25, -0.2) is 0 Å². The van der Waals surface area contributed by atoms with Crippen molar-refractivity contribution in [2.75, 3.05) is 13.2 Å². The van der Waals surface area contributed by atoms with Crippen LogP contribution in [0, 0.1) is 11.8 Å².